The second kappa shape index (κ2) is 11.0. The first kappa shape index (κ1) is 24.9. The van der Waals surface area contributed by atoms with Crippen LogP contribution in [0.2, 0.25) is 0 Å². The van der Waals surface area contributed by atoms with Crippen molar-refractivity contribution in [2.45, 2.75) is 37.7 Å². The SMILES string of the molecule is Cc1ccc(NC(=O)NC(C)c2nnc(SCc3cccc(C)c3)n2-c2ccc([N+](=O)[O-])cc2)cc1. The number of rotatable bonds is 8. The van der Waals surface area contributed by atoms with Gasteiger partial charge in [-0.2, -0.15) is 0 Å². The van der Waals surface area contributed by atoms with E-state index in [1.807, 2.05) is 67.8 Å². The Morgan fingerprint density at radius 2 is 1.75 bits per heavy atom. The summed E-state index contributed by atoms with van der Waals surface area (Å²) < 4.78 is 1.82. The van der Waals surface area contributed by atoms with Gasteiger partial charge in [-0.1, -0.05) is 59.3 Å². The van der Waals surface area contributed by atoms with E-state index in [2.05, 4.69) is 26.9 Å². The monoisotopic (exact) mass is 502 g/mol. The molecule has 0 radical (unpaired) electrons. The van der Waals surface area contributed by atoms with Gasteiger partial charge in [-0.15, -0.1) is 10.2 Å². The van der Waals surface area contributed by atoms with E-state index in [0.29, 0.717) is 28.1 Å². The lowest BCUT2D eigenvalue weighted by molar-refractivity contribution is -0.384. The number of carbonyl (C=O) groups excluding carboxylic acids is 1. The molecule has 0 spiro atoms. The van der Waals surface area contributed by atoms with E-state index in [1.165, 1.54) is 29.5 Å². The van der Waals surface area contributed by atoms with Gasteiger partial charge in [-0.05, 0) is 50.6 Å². The van der Waals surface area contributed by atoms with Gasteiger partial charge in [0.15, 0.2) is 11.0 Å². The number of aromatic nitrogens is 3. The maximum Gasteiger partial charge on any atom is 0.319 e. The maximum atomic E-state index is 12.6. The molecule has 4 aromatic rings. The van der Waals surface area contributed by atoms with Gasteiger partial charge in [0, 0.05) is 29.3 Å². The number of carbonyl (C=O) groups is 1. The summed E-state index contributed by atoms with van der Waals surface area (Å²) in [5, 5.41) is 26.2. The van der Waals surface area contributed by atoms with Crippen LogP contribution in [0.3, 0.4) is 0 Å². The predicted octanol–water partition coefficient (Wildman–Crippen LogP) is 5.97. The molecule has 36 heavy (non-hydrogen) atoms. The average Bonchev–Trinajstić information content (AvgIpc) is 3.28. The lowest BCUT2D eigenvalue weighted by Gasteiger charge is -2.17. The summed E-state index contributed by atoms with van der Waals surface area (Å²) in [4.78, 5) is 23.3. The number of benzene rings is 3. The van der Waals surface area contributed by atoms with Crippen molar-refractivity contribution in [3.63, 3.8) is 0 Å². The number of nitrogens with zero attached hydrogens (tertiary/aromatic N) is 4. The van der Waals surface area contributed by atoms with Crippen molar-refractivity contribution in [2.24, 2.45) is 0 Å². The first-order valence-electron chi connectivity index (χ1n) is 11.3. The van der Waals surface area contributed by atoms with Gasteiger partial charge in [0.2, 0.25) is 0 Å². The van der Waals surface area contributed by atoms with Crippen LogP contribution in [-0.4, -0.2) is 25.7 Å². The summed E-state index contributed by atoms with van der Waals surface area (Å²) in [6, 6.07) is 21.0. The highest BCUT2D eigenvalue weighted by molar-refractivity contribution is 7.98. The van der Waals surface area contributed by atoms with Gasteiger partial charge < -0.3 is 10.6 Å². The Kier molecular flexibility index (Phi) is 7.65. The lowest BCUT2D eigenvalue weighted by atomic mass is 10.2. The van der Waals surface area contributed by atoms with Crippen LogP contribution in [0, 0.1) is 24.0 Å². The number of urea groups is 1. The molecule has 0 saturated heterocycles. The zero-order valence-corrected chi connectivity index (χ0v) is 21.0. The predicted molar refractivity (Wildman–Crippen MR) is 141 cm³/mol. The van der Waals surface area contributed by atoms with Crippen molar-refractivity contribution >= 4 is 29.2 Å². The van der Waals surface area contributed by atoms with Gasteiger partial charge in [-0.3, -0.25) is 14.7 Å². The average molecular weight is 503 g/mol. The molecule has 1 unspecified atom stereocenters. The molecular weight excluding hydrogens is 476 g/mol. The van der Waals surface area contributed by atoms with Crippen molar-refractivity contribution in [1.82, 2.24) is 20.1 Å². The van der Waals surface area contributed by atoms with E-state index in [4.69, 9.17) is 0 Å². The third kappa shape index (κ3) is 6.08. The Balaban J connectivity index is 1.59. The van der Waals surface area contributed by atoms with Gasteiger partial charge in [-0.25, -0.2) is 4.79 Å². The van der Waals surface area contributed by atoms with Crippen LogP contribution in [0.1, 0.15) is 35.5 Å². The molecule has 3 aromatic carbocycles. The quantitative estimate of drug-likeness (QED) is 0.174. The van der Waals surface area contributed by atoms with Crippen LogP contribution in [0.4, 0.5) is 16.2 Å². The normalized spacial score (nSPS) is 11.6. The summed E-state index contributed by atoms with van der Waals surface area (Å²) in [7, 11) is 0. The van der Waals surface area contributed by atoms with Crippen molar-refractivity contribution < 1.29 is 9.72 Å². The molecule has 0 aliphatic carbocycles. The minimum absolute atomic E-state index is 0.00835. The van der Waals surface area contributed by atoms with E-state index < -0.39 is 11.0 Å². The number of aryl methyl sites for hydroxylation is 2. The molecule has 0 fully saturated rings. The molecule has 2 amide bonds. The van der Waals surface area contributed by atoms with Crippen molar-refractivity contribution in [2.75, 3.05) is 5.32 Å². The first-order valence-corrected chi connectivity index (χ1v) is 12.3. The first-order chi connectivity index (χ1) is 17.3. The Morgan fingerprint density at radius 3 is 2.42 bits per heavy atom. The molecule has 184 valence electrons. The number of nitrogens with one attached hydrogen (secondary N) is 2. The van der Waals surface area contributed by atoms with Crippen LogP contribution in [0.25, 0.3) is 5.69 Å². The van der Waals surface area contributed by atoms with Crippen LogP contribution in [0.5, 0.6) is 0 Å². The fraction of sp³-hybridized carbons (Fsp3) is 0.192. The minimum Gasteiger partial charge on any atom is -0.328 e. The molecule has 9 nitrogen and oxygen atoms in total. The lowest BCUT2D eigenvalue weighted by Crippen LogP contribution is -2.32. The molecular formula is C26H26N6O3S. The Morgan fingerprint density at radius 1 is 1.03 bits per heavy atom. The number of hydrogen-bond acceptors (Lipinski definition) is 6. The summed E-state index contributed by atoms with van der Waals surface area (Å²) in [5.41, 5.74) is 4.75. The molecule has 0 bridgehead atoms. The third-order valence-corrected chi connectivity index (χ3v) is 6.47. The number of thioether (sulfide) groups is 1. The highest BCUT2D eigenvalue weighted by Crippen LogP contribution is 2.28. The topological polar surface area (TPSA) is 115 Å². The third-order valence-electron chi connectivity index (χ3n) is 5.47. The molecule has 1 aromatic heterocycles. The van der Waals surface area contributed by atoms with Crippen LogP contribution >= 0.6 is 11.8 Å². The Bertz CT molecular complexity index is 1370. The number of nitro groups is 1. The standard InChI is InChI=1S/C26H26N6O3S/c1-17-7-9-21(10-8-17)28-25(33)27-19(3)24-29-30-26(36-16-20-6-4-5-18(2)15-20)31(24)22-11-13-23(14-12-22)32(34)35/h4-15,19H,16H2,1-3H3,(H2,27,28,33). The highest BCUT2D eigenvalue weighted by atomic mass is 32.2. The molecule has 0 aliphatic rings. The van der Waals surface area contributed by atoms with Gasteiger partial charge in [0.05, 0.1) is 11.0 Å². The fourth-order valence-corrected chi connectivity index (χ4v) is 4.54. The minimum atomic E-state index is -0.494. The fourth-order valence-electron chi connectivity index (χ4n) is 3.64. The largest absolute Gasteiger partial charge is 0.328 e. The van der Waals surface area contributed by atoms with Crippen molar-refractivity contribution in [1.29, 1.82) is 0 Å². The zero-order valence-electron chi connectivity index (χ0n) is 20.1. The van der Waals surface area contributed by atoms with E-state index in [1.54, 1.807) is 12.1 Å². The number of non-ortho nitro benzene ring substituents is 1. The summed E-state index contributed by atoms with van der Waals surface area (Å²) in [5.74, 6) is 1.18. The molecule has 2 N–H and O–H groups in total. The number of nitro benzene ring substituents is 1. The maximum absolute atomic E-state index is 12.6. The summed E-state index contributed by atoms with van der Waals surface area (Å²) >= 11 is 1.50. The molecule has 1 heterocycles. The van der Waals surface area contributed by atoms with E-state index in [0.717, 1.165) is 11.1 Å². The van der Waals surface area contributed by atoms with Gasteiger partial charge in [0.1, 0.15) is 0 Å². The van der Waals surface area contributed by atoms with E-state index in [9.17, 15) is 14.9 Å². The van der Waals surface area contributed by atoms with Crippen LogP contribution in [0.15, 0.2) is 78.0 Å². The molecule has 0 saturated carbocycles. The summed E-state index contributed by atoms with van der Waals surface area (Å²) in [6.45, 7) is 5.84. The number of anilines is 1. The second-order valence-corrected chi connectivity index (χ2v) is 9.36. The molecule has 1 atom stereocenters. The Hall–Kier alpha value is -4.18. The molecule has 0 aliphatic heterocycles. The second-order valence-electron chi connectivity index (χ2n) is 8.41. The smallest absolute Gasteiger partial charge is 0.319 e. The number of hydrogen-bond donors (Lipinski definition) is 2. The summed E-state index contributed by atoms with van der Waals surface area (Å²) in [6.07, 6.45) is 0. The van der Waals surface area contributed by atoms with Crippen molar-refractivity contribution in [3.05, 3.63) is 105 Å². The molecule has 4 rings (SSSR count). The number of amides is 2. The van der Waals surface area contributed by atoms with Gasteiger partial charge in [0.25, 0.3) is 5.69 Å². The zero-order chi connectivity index (χ0) is 25.7. The van der Waals surface area contributed by atoms with Crippen LogP contribution < -0.4 is 10.6 Å². The van der Waals surface area contributed by atoms with Gasteiger partial charge >= 0.3 is 6.03 Å². The van der Waals surface area contributed by atoms with Crippen LogP contribution in [-0.2, 0) is 5.75 Å². The highest BCUT2D eigenvalue weighted by Gasteiger charge is 2.22. The van der Waals surface area contributed by atoms with Crippen molar-refractivity contribution in [3.8, 4) is 5.69 Å². The Labute approximate surface area is 213 Å². The van der Waals surface area contributed by atoms with E-state index >= 15 is 0 Å². The molecule has 10 heteroatoms. The van der Waals surface area contributed by atoms with E-state index in [-0.39, 0.29) is 11.7 Å².